The molecule has 1 aliphatic rings. The molecule has 0 aliphatic carbocycles. The maximum Gasteiger partial charge on any atom is 0.243 e. The first kappa shape index (κ1) is 18.9. The normalized spacial score (nSPS) is 16.4. The lowest BCUT2D eigenvalue weighted by atomic mass is 10.2. The van der Waals surface area contributed by atoms with Crippen molar-refractivity contribution >= 4 is 19.9 Å². The van der Waals surface area contributed by atoms with E-state index < -0.39 is 25.1 Å². The second-order valence-corrected chi connectivity index (χ2v) is 10.4. The summed E-state index contributed by atoms with van der Waals surface area (Å²) in [5.74, 6) is 0.767. The van der Waals surface area contributed by atoms with E-state index in [0.29, 0.717) is 18.1 Å². The van der Waals surface area contributed by atoms with Gasteiger partial charge in [-0.25, -0.2) is 16.8 Å². The maximum atomic E-state index is 12.7. The second kappa shape index (κ2) is 7.05. The van der Waals surface area contributed by atoms with Crippen LogP contribution in [0.15, 0.2) is 45.9 Å². The summed E-state index contributed by atoms with van der Waals surface area (Å²) >= 11 is 0. The van der Waals surface area contributed by atoms with E-state index >= 15 is 0 Å². The number of aryl methyl sites for hydroxylation is 1. The van der Waals surface area contributed by atoms with Gasteiger partial charge < -0.3 is 9.15 Å². The van der Waals surface area contributed by atoms with Gasteiger partial charge in [0.05, 0.1) is 23.0 Å². The molecule has 0 atom stereocenters. The number of benzene rings is 1. The smallest absolute Gasteiger partial charge is 0.243 e. The molecule has 0 unspecified atom stereocenters. The molecule has 1 saturated heterocycles. The number of hydrogen-bond acceptors (Lipinski definition) is 6. The summed E-state index contributed by atoms with van der Waals surface area (Å²) in [5, 5.41) is -0.717. The molecule has 0 bridgehead atoms. The Kier molecular flexibility index (Phi) is 5.14. The highest BCUT2D eigenvalue weighted by Gasteiger charge is 2.43. The minimum Gasteiger partial charge on any atom is -0.494 e. The predicted molar refractivity (Wildman–Crippen MR) is 96.2 cm³/mol. The molecule has 0 saturated carbocycles. The fourth-order valence-corrected chi connectivity index (χ4v) is 6.20. The number of sulfonamides is 1. The van der Waals surface area contributed by atoms with Crippen LogP contribution in [-0.2, 0) is 25.6 Å². The Balaban J connectivity index is 1.70. The lowest BCUT2D eigenvalue weighted by Crippen LogP contribution is -2.56. The van der Waals surface area contributed by atoms with E-state index in [0.717, 1.165) is 5.56 Å². The minimum atomic E-state index is -3.72. The Morgan fingerprint density at radius 1 is 1.19 bits per heavy atom. The van der Waals surface area contributed by atoms with Crippen LogP contribution in [-0.4, -0.2) is 46.1 Å². The van der Waals surface area contributed by atoms with Gasteiger partial charge in [-0.3, -0.25) is 0 Å². The van der Waals surface area contributed by atoms with Crippen LogP contribution in [0.5, 0.6) is 5.75 Å². The van der Waals surface area contributed by atoms with Gasteiger partial charge in [0.15, 0.2) is 9.84 Å². The molecule has 1 aromatic carbocycles. The van der Waals surface area contributed by atoms with E-state index in [-0.39, 0.29) is 23.7 Å². The fraction of sp³-hybridized carbons (Fsp3) is 0.412. The Bertz CT molecular complexity index is 974. The third kappa shape index (κ3) is 3.65. The van der Waals surface area contributed by atoms with E-state index in [1.54, 1.807) is 31.2 Å². The largest absolute Gasteiger partial charge is 0.494 e. The first-order valence-corrected chi connectivity index (χ1v) is 11.4. The Labute approximate surface area is 153 Å². The fourth-order valence-electron chi connectivity index (χ4n) is 2.78. The molecule has 2 heterocycles. The third-order valence-electron chi connectivity index (χ3n) is 4.33. The Morgan fingerprint density at radius 3 is 2.50 bits per heavy atom. The lowest BCUT2D eigenvalue weighted by Gasteiger charge is -2.37. The molecule has 0 radical (unpaired) electrons. The topological polar surface area (TPSA) is 93.9 Å². The van der Waals surface area contributed by atoms with Gasteiger partial charge in [-0.15, -0.1) is 0 Å². The van der Waals surface area contributed by atoms with Gasteiger partial charge in [-0.05, 0) is 49.7 Å². The first-order chi connectivity index (χ1) is 12.2. The maximum absolute atomic E-state index is 12.7. The molecule has 0 spiro atoms. The number of ether oxygens (including phenoxy) is 1. The highest BCUT2D eigenvalue weighted by Crippen LogP contribution is 2.29. The summed E-state index contributed by atoms with van der Waals surface area (Å²) in [7, 11) is -7.19. The van der Waals surface area contributed by atoms with Crippen molar-refractivity contribution in [2.24, 2.45) is 0 Å². The van der Waals surface area contributed by atoms with Crippen molar-refractivity contribution < 1.29 is 26.0 Å². The van der Waals surface area contributed by atoms with Crippen LogP contribution in [0.1, 0.15) is 18.2 Å². The number of nitrogens with zero attached hydrogens (tertiary/aromatic N) is 1. The Morgan fingerprint density at radius 2 is 1.92 bits per heavy atom. The van der Waals surface area contributed by atoms with Crippen LogP contribution in [0.2, 0.25) is 0 Å². The van der Waals surface area contributed by atoms with Crippen molar-refractivity contribution in [3.05, 3.63) is 47.9 Å². The van der Waals surface area contributed by atoms with Crippen LogP contribution >= 0.6 is 0 Å². The summed E-state index contributed by atoms with van der Waals surface area (Å²) < 4.78 is 61.8. The van der Waals surface area contributed by atoms with Crippen molar-refractivity contribution in [3.63, 3.8) is 0 Å². The van der Waals surface area contributed by atoms with E-state index in [2.05, 4.69) is 0 Å². The molecule has 2 aromatic rings. The van der Waals surface area contributed by atoms with Gasteiger partial charge in [0, 0.05) is 13.1 Å². The number of hydrogen-bond donors (Lipinski definition) is 0. The molecule has 142 valence electrons. The van der Waals surface area contributed by atoms with E-state index in [9.17, 15) is 16.8 Å². The van der Waals surface area contributed by atoms with E-state index in [4.69, 9.17) is 9.15 Å². The van der Waals surface area contributed by atoms with Crippen LogP contribution in [0, 0.1) is 6.92 Å². The van der Waals surface area contributed by atoms with Gasteiger partial charge in [-0.1, -0.05) is 0 Å². The zero-order chi connectivity index (χ0) is 18.9. The van der Waals surface area contributed by atoms with Crippen molar-refractivity contribution in [3.8, 4) is 5.75 Å². The van der Waals surface area contributed by atoms with Crippen molar-refractivity contribution in [1.29, 1.82) is 0 Å². The monoisotopic (exact) mass is 399 g/mol. The van der Waals surface area contributed by atoms with Gasteiger partial charge in [0.2, 0.25) is 10.0 Å². The van der Waals surface area contributed by atoms with Gasteiger partial charge in [-0.2, -0.15) is 4.31 Å². The number of sulfone groups is 1. The molecule has 26 heavy (non-hydrogen) atoms. The van der Waals surface area contributed by atoms with E-state index in [1.807, 2.05) is 6.92 Å². The highest BCUT2D eigenvalue weighted by molar-refractivity contribution is 7.92. The van der Waals surface area contributed by atoms with Crippen LogP contribution < -0.4 is 4.74 Å². The first-order valence-electron chi connectivity index (χ1n) is 8.21. The SMILES string of the molecule is CCOc1ccc(S(=O)(=O)N2CC(S(=O)(=O)Cc3ccco3)C2)cc1C. The van der Waals surface area contributed by atoms with E-state index in [1.165, 1.54) is 16.6 Å². The summed E-state index contributed by atoms with van der Waals surface area (Å²) in [6, 6.07) is 7.86. The predicted octanol–water partition coefficient (Wildman–Crippen LogP) is 1.97. The molecular formula is C17H21NO6S2. The standard InChI is InChI=1S/C17H21NO6S2/c1-3-23-17-7-6-15(9-13(17)2)26(21,22)18-10-16(11-18)25(19,20)12-14-5-4-8-24-14/h4-9,16H,3,10-12H2,1-2H3. The van der Waals surface area contributed by atoms with Crippen LogP contribution in [0.25, 0.3) is 0 Å². The molecule has 1 aromatic heterocycles. The zero-order valence-corrected chi connectivity index (χ0v) is 16.2. The third-order valence-corrected chi connectivity index (χ3v) is 8.16. The summed E-state index contributed by atoms with van der Waals surface area (Å²) in [6.07, 6.45) is 1.41. The summed E-state index contributed by atoms with van der Waals surface area (Å²) in [4.78, 5) is 0.139. The summed E-state index contributed by atoms with van der Waals surface area (Å²) in [5.41, 5.74) is 0.718. The van der Waals surface area contributed by atoms with Crippen LogP contribution in [0.3, 0.4) is 0 Å². The highest BCUT2D eigenvalue weighted by atomic mass is 32.2. The van der Waals surface area contributed by atoms with Crippen molar-refractivity contribution in [2.45, 2.75) is 29.7 Å². The summed E-state index contributed by atoms with van der Waals surface area (Å²) in [6.45, 7) is 4.04. The molecule has 1 aliphatic heterocycles. The lowest BCUT2D eigenvalue weighted by molar-refractivity contribution is 0.309. The number of rotatable bonds is 7. The molecule has 3 rings (SSSR count). The molecule has 9 heteroatoms. The van der Waals surface area contributed by atoms with Crippen LogP contribution in [0.4, 0.5) is 0 Å². The Hall–Kier alpha value is -1.84. The average molecular weight is 399 g/mol. The van der Waals surface area contributed by atoms with Gasteiger partial charge in [0.1, 0.15) is 17.3 Å². The minimum absolute atomic E-state index is 0.0440. The second-order valence-electron chi connectivity index (χ2n) is 6.19. The number of furan rings is 1. The zero-order valence-electron chi connectivity index (χ0n) is 14.6. The van der Waals surface area contributed by atoms with Gasteiger partial charge >= 0.3 is 0 Å². The molecule has 0 amide bonds. The molecular weight excluding hydrogens is 378 g/mol. The van der Waals surface area contributed by atoms with Crippen molar-refractivity contribution in [2.75, 3.05) is 19.7 Å². The molecule has 1 fully saturated rings. The molecule has 7 nitrogen and oxygen atoms in total. The quantitative estimate of drug-likeness (QED) is 0.707. The average Bonchev–Trinajstić information content (AvgIpc) is 2.99. The van der Waals surface area contributed by atoms with Gasteiger partial charge in [0.25, 0.3) is 0 Å². The molecule has 0 N–H and O–H groups in total. The van der Waals surface area contributed by atoms with Crippen molar-refractivity contribution in [1.82, 2.24) is 4.31 Å².